The molecule has 0 atom stereocenters. The Kier molecular flexibility index (Phi) is 17.6. The van der Waals surface area contributed by atoms with Crippen LogP contribution in [0.15, 0.2) is 0 Å². The first-order valence-electron chi connectivity index (χ1n) is 5.89. The highest BCUT2D eigenvalue weighted by Gasteiger charge is 2.15. The van der Waals surface area contributed by atoms with Gasteiger partial charge in [0.2, 0.25) is 0 Å². The van der Waals surface area contributed by atoms with E-state index in [9.17, 15) is 9.59 Å². The van der Waals surface area contributed by atoms with Crippen LogP contribution < -0.4 is 5.73 Å². The average Bonchev–Trinajstić information content (AvgIpc) is 2.38. The Morgan fingerprint density at radius 2 is 1.45 bits per heavy atom. The van der Waals surface area contributed by atoms with E-state index in [0.29, 0.717) is 0 Å². The first-order valence-corrected chi connectivity index (χ1v) is 6.42. The van der Waals surface area contributed by atoms with Gasteiger partial charge < -0.3 is 30.6 Å². The lowest BCUT2D eigenvalue weighted by Gasteiger charge is -2.23. The number of hydrogen-bond donors (Lipinski definition) is 5. The highest BCUT2D eigenvalue weighted by atomic mass is 35.5. The molecule has 10 heteroatoms. The van der Waals surface area contributed by atoms with Gasteiger partial charge in [-0.1, -0.05) is 32.4 Å². The minimum atomic E-state index is -2.17. The molecule has 6 N–H and O–H groups in total. The van der Waals surface area contributed by atoms with Crippen LogP contribution in [0, 0.1) is 0 Å². The van der Waals surface area contributed by atoms with E-state index < -0.39 is 25.3 Å². The number of carbonyl (C=O) groups excluding carboxylic acids is 1. The second kappa shape index (κ2) is 14.5. The summed E-state index contributed by atoms with van der Waals surface area (Å²) in [6.45, 7) is 6.44. The van der Waals surface area contributed by atoms with Crippen LogP contribution in [-0.4, -0.2) is 51.0 Å². The van der Waals surface area contributed by atoms with Gasteiger partial charge in [-0.3, -0.25) is 0 Å². The van der Waals surface area contributed by atoms with Gasteiger partial charge in [-0.25, -0.2) is 9.59 Å². The second-order valence-corrected chi connectivity index (χ2v) is 3.83. The molecule has 0 aliphatic heterocycles. The fourth-order valence-electron chi connectivity index (χ4n) is 0.861. The van der Waals surface area contributed by atoms with Crippen LogP contribution in [0.3, 0.4) is 0 Å². The fraction of sp³-hybridized carbons (Fsp3) is 0.800. The molecule has 0 fully saturated rings. The van der Waals surface area contributed by atoms with E-state index in [-0.39, 0.29) is 5.54 Å². The Morgan fingerprint density at radius 3 is 1.50 bits per heavy atom. The van der Waals surface area contributed by atoms with E-state index in [0.717, 1.165) is 19.3 Å². The average molecular weight is 316 g/mol. The van der Waals surface area contributed by atoms with Crippen molar-refractivity contribution < 1.29 is 34.5 Å². The highest BCUT2D eigenvalue weighted by Crippen LogP contribution is 2.14. The number of alkyl halides is 1. The van der Waals surface area contributed by atoms with E-state index >= 15 is 0 Å². The number of ether oxygens (including phenoxy) is 1. The summed E-state index contributed by atoms with van der Waals surface area (Å²) in [7, 11) is -2.17. The molecule has 0 saturated carbocycles. The number of halogens is 1. The third kappa shape index (κ3) is 19.5. The molecule has 0 saturated heterocycles. The zero-order chi connectivity index (χ0) is 16.8. The third-order valence-corrected chi connectivity index (χ3v) is 2.58. The van der Waals surface area contributed by atoms with Crippen molar-refractivity contribution in [2.45, 2.75) is 45.6 Å². The van der Waals surface area contributed by atoms with Crippen LogP contribution in [0.1, 0.15) is 40.0 Å². The molecule has 0 radical (unpaired) electrons. The fourth-order valence-corrected chi connectivity index (χ4v) is 0.960. The van der Waals surface area contributed by atoms with Gasteiger partial charge in [0.15, 0.2) is 6.07 Å². The lowest BCUT2D eigenvalue weighted by molar-refractivity contribution is -0.162. The number of hydrogen-bond acceptors (Lipinski definition) is 7. The summed E-state index contributed by atoms with van der Waals surface area (Å²) in [5, 5.41) is 29.3. The van der Waals surface area contributed by atoms with Crippen LogP contribution in [0.5, 0.6) is 0 Å². The molecular formula is C10H23BClNO7. The van der Waals surface area contributed by atoms with E-state index in [1.54, 1.807) is 0 Å². The van der Waals surface area contributed by atoms with Gasteiger partial charge in [0.25, 0.3) is 0 Å². The number of aliphatic carboxylic acids is 1. The molecule has 8 nitrogen and oxygen atoms in total. The van der Waals surface area contributed by atoms with Gasteiger partial charge in [-0.2, -0.15) is 0 Å². The zero-order valence-corrected chi connectivity index (χ0v) is 12.6. The molecule has 0 bridgehead atoms. The van der Waals surface area contributed by atoms with Crippen molar-refractivity contribution in [2.75, 3.05) is 6.07 Å². The largest absolute Gasteiger partial charge is 0.631 e. The molecule has 0 aliphatic rings. The molecule has 0 aromatic carbocycles. The van der Waals surface area contributed by atoms with Crippen molar-refractivity contribution in [1.82, 2.24) is 0 Å². The molecule has 0 aromatic heterocycles. The molecule has 0 unspecified atom stereocenters. The van der Waals surface area contributed by atoms with Crippen LogP contribution >= 0.6 is 11.6 Å². The molecule has 0 aliphatic carbocycles. The first-order chi connectivity index (χ1) is 9.09. The van der Waals surface area contributed by atoms with Crippen molar-refractivity contribution in [1.29, 1.82) is 0 Å². The lowest BCUT2D eigenvalue weighted by atomic mass is 9.92. The minimum absolute atomic E-state index is 0.125. The van der Waals surface area contributed by atoms with Gasteiger partial charge in [0, 0.05) is 5.54 Å². The van der Waals surface area contributed by atoms with Crippen LogP contribution in [-0.2, 0) is 14.3 Å². The van der Waals surface area contributed by atoms with Crippen molar-refractivity contribution in [3.05, 3.63) is 0 Å². The quantitative estimate of drug-likeness (QED) is 0.205. The summed E-state index contributed by atoms with van der Waals surface area (Å²) in [6, 6.07) is -0.425. The third-order valence-electron chi connectivity index (χ3n) is 2.47. The SMILES string of the molecule is CCC(N)(CC)CC.O=C(O)C(=O)OCCl.OB(O)O. The molecular weight excluding hydrogens is 292 g/mol. The molecule has 0 aromatic rings. The second-order valence-electron chi connectivity index (χ2n) is 3.62. The van der Waals surface area contributed by atoms with Gasteiger partial charge in [-0.05, 0) is 19.3 Å². The summed E-state index contributed by atoms with van der Waals surface area (Å²) in [6.07, 6.45) is 3.29. The number of esters is 1. The summed E-state index contributed by atoms with van der Waals surface area (Å²) in [5.41, 5.74) is 6.02. The van der Waals surface area contributed by atoms with E-state index in [2.05, 4.69) is 25.5 Å². The number of rotatable bonds is 4. The Hall–Kier alpha value is -0.865. The maximum Gasteiger partial charge on any atom is 0.631 e. The number of carboxylic acids is 1. The van der Waals surface area contributed by atoms with Crippen molar-refractivity contribution >= 4 is 30.9 Å². The standard InChI is InChI=1S/C7H17N.C3H3ClO4.BH3O3/c1-4-7(8,5-2)6-3;4-1-8-3(7)2(5)6;2-1(3)4/h4-6,8H2,1-3H3;1H2,(H,5,6);2-4H. The van der Waals surface area contributed by atoms with E-state index in [4.69, 9.17) is 37.5 Å². The Bertz CT molecular complexity index is 251. The molecule has 20 heavy (non-hydrogen) atoms. The van der Waals surface area contributed by atoms with Crippen LogP contribution in [0.25, 0.3) is 0 Å². The smallest absolute Gasteiger partial charge is 0.473 e. The van der Waals surface area contributed by atoms with Gasteiger partial charge >= 0.3 is 19.3 Å². The van der Waals surface area contributed by atoms with Gasteiger partial charge in [-0.15, -0.1) is 0 Å². The maximum absolute atomic E-state index is 9.84. The number of carboxylic acid groups (broad SMARTS) is 1. The number of carbonyl (C=O) groups is 2. The first kappa shape index (κ1) is 24.2. The van der Waals surface area contributed by atoms with Gasteiger partial charge in [0.05, 0.1) is 0 Å². The van der Waals surface area contributed by atoms with Gasteiger partial charge in [0.1, 0.15) is 0 Å². The molecule has 0 rings (SSSR count). The molecule has 120 valence electrons. The summed E-state index contributed by atoms with van der Waals surface area (Å²) >= 11 is 4.83. The monoisotopic (exact) mass is 315 g/mol. The zero-order valence-electron chi connectivity index (χ0n) is 11.9. The van der Waals surface area contributed by atoms with E-state index in [1.807, 2.05) is 0 Å². The molecule has 0 spiro atoms. The van der Waals surface area contributed by atoms with E-state index in [1.165, 1.54) is 0 Å². The highest BCUT2D eigenvalue weighted by molar-refractivity contribution is 6.30. The predicted octanol–water partition coefficient (Wildman–Crippen LogP) is -0.327. The summed E-state index contributed by atoms with van der Waals surface area (Å²) in [4.78, 5) is 19.4. The summed E-state index contributed by atoms with van der Waals surface area (Å²) < 4.78 is 3.83. The molecule has 0 heterocycles. The van der Waals surface area contributed by atoms with Crippen LogP contribution in [0.4, 0.5) is 0 Å². The Morgan fingerprint density at radius 1 is 1.15 bits per heavy atom. The van der Waals surface area contributed by atoms with Crippen molar-refractivity contribution in [3.63, 3.8) is 0 Å². The normalized spacial score (nSPS) is 9.40. The minimum Gasteiger partial charge on any atom is -0.473 e. The van der Waals surface area contributed by atoms with Crippen molar-refractivity contribution in [2.24, 2.45) is 5.73 Å². The summed E-state index contributed by atoms with van der Waals surface area (Å²) in [5.74, 6) is -2.97. The molecule has 0 amide bonds. The lowest BCUT2D eigenvalue weighted by Crippen LogP contribution is -2.37. The maximum atomic E-state index is 9.84. The van der Waals surface area contributed by atoms with Crippen LogP contribution in [0.2, 0.25) is 0 Å². The van der Waals surface area contributed by atoms with Crippen molar-refractivity contribution in [3.8, 4) is 0 Å². The Labute approximate surface area is 123 Å². The topological polar surface area (TPSA) is 150 Å². The predicted molar refractivity (Wildman–Crippen MR) is 74.6 cm³/mol. The Balaban J connectivity index is -0.000000230. The number of nitrogens with two attached hydrogens (primary N) is 1.